The summed E-state index contributed by atoms with van der Waals surface area (Å²) >= 11 is 0. The molecule has 47 heavy (non-hydrogen) atoms. The lowest BCUT2D eigenvalue weighted by molar-refractivity contribution is 0.100. The number of ether oxygens (including phenoxy) is 3. The second-order valence-electron chi connectivity index (χ2n) is 9.56. The molecule has 4 rings (SSSR count). The molecule has 0 fully saturated rings. The van der Waals surface area contributed by atoms with Gasteiger partial charge in [-0.3, -0.25) is 9.59 Å². The number of methoxy groups -OCH3 is 3. The Balaban J connectivity index is -0.000000169. The lowest BCUT2D eigenvalue weighted by atomic mass is 10.0. The molecule has 0 unspecified atom stereocenters. The lowest BCUT2D eigenvalue weighted by Gasteiger charge is -2.03. The Hall–Kier alpha value is -4.16. The SMILES string of the molecule is C.C.C.C.CCC.CCC.CNc1ccc(OC)cc1.COCc1ccc(C(C)=O)cc1.COc1ccc2cc(C(C)=O)ccc2c1. The Morgan fingerprint density at radius 3 is 1.38 bits per heavy atom. The minimum absolute atomic E-state index is 0. The zero-order chi connectivity index (χ0) is 32.6. The number of anilines is 1. The molecule has 0 heterocycles. The molecule has 0 saturated heterocycles. The standard InChI is InChI=1S/C13H12O2.C10H12O2.C8H11NO.2C3H8.4CH4/c1-9(14)10-3-4-12-8-13(15-2)6-5-11(12)7-10;1-8(11)10-5-3-9(4-6-10)7-12-2;1-9-7-3-5-8(10-2)6-4-7;2*1-3-2;;;;/h3-8H,1-2H3;3-6H,7H2,1-2H3;3-6,9H,1-2H3;2*3H2,1-2H3;4*1H4. The first kappa shape index (κ1) is 52.4. The molecule has 1 N–H and O–H groups in total. The highest BCUT2D eigenvalue weighted by atomic mass is 16.5. The summed E-state index contributed by atoms with van der Waals surface area (Å²) in [4.78, 5) is 22.1. The minimum atomic E-state index is 0. The van der Waals surface area contributed by atoms with Crippen molar-refractivity contribution in [2.45, 2.75) is 90.7 Å². The molecule has 0 aliphatic rings. The Bertz CT molecular complexity index is 1290. The zero-order valence-corrected chi connectivity index (χ0v) is 27.7. The van der Waals surface area contributed by atoms with E-state index in [1.54, 1.807) is 35.2 Å². The van der Waals surface area contributed by atoms with Crippen molar-refractivity contribution in [2.75, 3.05) is 33.7 Å². The third-order valence-corrected chi connectivity index (χ3v) is 5.50. The first-order chi connectivity index (χ1) is 20.6. The van der Waals surface area contributed by atoms with E-state index in [0.717, 1.165) is 44.6 Å². The van der Waals surface area contributed by atoms with Crippen LogP contribution in [-0.4, -0.2) is 39.9 Å². The first-order valence-electron chi connectivity index (χ1n) is 14.6. The van der Waals surface area contributed by atoms with Crippen LogP contribution in [0.3, 0.4) is 0 Å². The van der Waals surface area contributed by atoms with Crippen molar-refractivity contribution in [2.24, 2.45) is 0 Å². The first-order valence-corrected chi connectivity index (χ1v) is 14.6. The molecule has 6 nitrogen and oxygen atoms in total. The van der Waals surface area contributed by atoms with Crippen LogP contribution in [0.5, 0.6) is 11.5 Å². The van der Waals surface area contributed by atoms with Crippen molar-refractivity contribution in [3.05, 3.63) is 102 Å². The van der Waals surface area contributed by atoms with Gasteiger partial charge in [0.15, 0.2) is 11.6 Å². The van der Waals surface area contributed by atoms with Gasteiger partial charge in [0.2, 0.25) is 0 Å². The molecular weight excluding hydrogens is 586 g/mol. The molecule has 0 aliphatic heterocycles. The number of carbonyl (C=O) groups is 2. The molecule has 0 saturated carbocycles. The molecule has 6 heteroatoms. The van der Waals surface area contributed by atoms with Crippen molar-refractivity contribution < 1.29 is 23.8 Å². The highest BCUT2D eigenvalue weighted by Crippen LogP contribution is 2.22. The Labute approximate surface area is 288 Å². The number of benzene rings is 4. The fourth-order valence-electron chi connectivity index (χ4n) is 3.33. The summed E-state index contributed by atoms with van der Waals surface area (Å²) < 4.78 is 15.1. The van der Waals surface area contributed by atoms with E-state index in [9.17, 15) is 9.59 Å². The van der Waals surface area contributed by atoms with Gasteiger partial charge in [0.1, 0.15) is 11.5 Å². The second kappa shape index (κ2) is 31.8. The van der Waals surface area contributed by atoms with Gasteiger partial charge < -0.3 is 19.5 Å². The van der Waals surface area contributed by atoms with E-state index in [1.165, 1.54) is 12.8 Å². The van der Waals surface area contributed by atoms with E-state index in [1.807, 2.05) is 92.0 Å². The third-order valence-electron chi connectivity index (χ3n) is 5.50. The molecule has 0 aliphatic carbocycles. The molecule has 4 aromatic carbocycles. The van der Waals surface area contributed by atoms with Gasteiger partial charge in [0.05, 0.1) is 20.8 Å². The topological polar surface area (TPSA) is 73.9 Å². The van der Waals surface area contributed by atoms with Crippen molar-refractivity contribution in [3.63, 3.8) is 0 Å². The number of nitrogens with one attached hydrogen (secondary N) is 1. The van der Waals surface area contributed by atoms with Gasteiger partial charge in [-0.25, -0.2) is 0 Å². The molecular formula is C41H67NO5. The summed E-state index contributed by atoms with van der Waals surface area (Å²) in [5, 5.41) is 5.16. The second-order valence-corrected chi connectivity index (χ2v) is 9.56. The zero-order valence-electron chi connectivity index (χ0n) is 27.7. The summed E-state index contributed by atoms with van der Waals surface area (Å²) in [7, 11) is 6.85. The fourth-order valence-corrected chi connectivity index (χ4v) is 3.33. The monoisotopic (exact) mass is 654 g/mol. The summed E-state index contributed by atoms with van der Waals surface area (Å²) in [5.74, 6) is 1.91. The smallest absolute Gasteiger partial charge is 0.159 e. The maximum absolute atomic E-state index is 11.2. The Morgan fingerprint density at radius 2 is 0.979 bits per heavy atom. The molecule has 0 radical (unpaired) electrons. The molecule has 0 atom stereocenters. The van der Waals surface area contributed by atoms with Crippen LogP contribution in [0.25, 0.3) is 10.8 Å². The summed E-state index contributed by atoms with van der Waals surface area (Å²) in [5.41, 5.74) is 3.67. The summed E-state index contributed by atoms with van der Waals surface area (Å²) in [6.45, 7) is 12.2. The largest absolute Gasteiger partial charge is 0.497 e. The average Bonchev–Trinajstić information content (AvgIpc) is 3.02. The van der Waals surface area contributed by atoms with E-state index in [-0.39, 0.29) is 41.3 Å². The molecule has 266 valence electrons. The molecule has 0 aromatic heterocycles. The molecule has 0 bridgehead atoms. The van der Waals surface area contributed by atoms with Crippen molar-refractivity contribution in [1.29, 1.82) is 0 Å². The van der Waals surface area contributed by atoms with E-state index in [0.29, 0.717) is 6.61 Å². The van der Waals surface area contributed by atoms with E-state index in [4.69, 9.17) is 14.2 Å². The predicted molar refractivity (Wildman–Crippen MR) is 209 cm³/mol. The molecule has 4 aromatic rings. The van der Waals surface area contributed by atoms with Crippen molar-refractivity contribution >= 4 is 28.0 Å². The van der Waals surface area contributed by atoms with Gasteiger partial charge in [-0.1, -0.05) is 113 Å². The molecule has 0 amide bonds. The number of Topliss-reactive ketones (excluding diaryl/α,β-unsaturated/α-hetero) is 2. The normalized spacial score (nSPS) is 8.47. The predicted octanol–water partition coefficient (Wildman–Crippen LogP) is 12.2. The van der Waals surface area contributed by atoms with Crippen LogP contribution in [0.4, 0.5) is 5.69 Å². The average molecular weight is 654 g/mol. The van der Waals surface area contributed by atoms with Crippen molar-refractivity contribution in [3.8, 4) is 11.5 Å². The van der Waals surface area contributed by atoms with E-state index < -0.39 is 0 Å². The fraction of sp³-hybridized carbons (Fsp3) is 0.415. The van der Waals surface area contributed by atoms with Gasteiger partial charge >= 0.3 is 0 Å². The summed E-state index contributed by atoms with van der Waals surface area (Å²) in [6.07, 6.45) is 2.50. The van der Waals surface area contributed by atoms with Gasteiger partial charge in [0, 0.05) is 31.0 Å². The quantitative estimate of drug-likeness (QED) is 0.200. The number of fused-ring (bicyclic) bond motifs is 1. The maximum atomic E-state index is 11.2. The lowest BCUT2D eigenvalue weighted by Crippen LogP contribution is -1.93. The van der Waals surface area contributed by atoms with Crippen LogP contribution in [0.1, 0.15) is 110 Å². The highest BCUT2D eigenvalue weighted by molar-refractivity contribution is 5.98. The highest BCUT2D eigenvalue weighted by Gasteiger charge is 2.01. The van der Waals surface area contributed by atoms with Crippen LogP contribution in [0, 0.1) is 0 Å². The third kappa shape index (κ3) is 22.1. The number of hydrogen-bond acceptors (Lipinski definition) is 6. The molecule has 0 spiro atoms. The number of carbonyl (C=O) groups excluding carboxylic acids is 2. The van der Waals surface area contributed by atoms with Gasteiger partial charge in [-0.05, 0) is 72.6 Å². The number of ketones is 2. The number of rotatable bonds is 7. The van der Waals surface area contributed by atoms with Crippen LogP contribution < -0.4 is 14.8 Å². The van der Waals surface area contributed by atoms with Crippen LogP contribution in [0.2, 0.25) is 0 Å². The maximum Gasteiger partial charge on any atom is 0.159 e. The van der Waals surface area contributed by atoms with Crippen LogP contribution >= 0.6 is 0 Å². The van der Waals surface area contributed by atoms with Crippen LogP contribution in [-0.2, 0) is 11.3 Å². The van der Waals surface area contributed by atoms with Crippen molar-refractivity contribution in [1.82, 2.24) is 0 Å². The minimum Gasteiger partial charge on any atom is -0.497 e. The Kier molecular flexibility index (Phi) is 35.4. The van der Waals surface area contributed by atoms with E-state index in [2.05, 4.69) is 33.0 Å². The van der Waals surface area contributed by atoms with Gasteiger partial charge in [-0.15, -0.1) is 0 Å². The van der Waals surface area contributed by atoms with Crippen LogP contribution in [0.15, 0.2) is 84.9 Å². The number of hydrogen-bond donors (Lipinski definition) is 1. The van der Waals surface area contributed by atoms with E-state index >= 15 is 0 Å². The Morgan fingerprint density at radius 1 is 0.574 bits per heavy atom. The summed E-state index contributed by atoms with van der Waals surface area (Å²) in [6, 6.07) is 26.7. The van der Waals surface area contributed by atoms with Gasteiger partial charge in [-0.2, -0.15) is 0 Å². The van der Waals surface area contributed by atoms with Gasteiger partial charge in [0.25, 0.3) is 0 Å².